The lowest BCUT2D eigenvalue weighted by Crippen LogP contribution is -2.00. The number of pyridine rings is 1. The molecule has 19 heavy (non-hydrogen) atoms. The first-order valence-electron chi connectivity index (χ1n) is 5.67. The molecule has 0 spiro atoms. The van der Waals surface area contributed by atoms with Crippen LogP contribution in [-0.4, -0.2) is 15.0 Å². The number of nitrogens with zero attached hydrogens (tertiary/aromatic N) is 4. The van der Waals surface area contributed by atoms with Crippen molar-refractivity contribution in [3.05, 3.63) is 48.2 Å². The van der Waals surface area contributed by atoms with Crippen LogP contribution in [0.15, 0.2) is 42.6 Å². The summed E-state index contributed by atoms with van der Waals surface area (Å²) in [5.74, 6) is 0.588. The molecule has 2 aromatic heterocycles. The second kappa shape index (κ2) is 4.35. The Morgan fingerprint density at radius 3 is 2.68 bits per heavy atom. The molecule has 2 heterocycles. The molecule has 0 radical (unpaired) electrons. The van der Waals surface area contributed by atoms with Crippen LogP contribution in [0.4, 0.5) is 5.82 Å². The van der Waals surface area contributed by atoms with Gasteiger partial charge in [0.25, 0.3) is 0 Å². The van der Waals surface area contributed by atoms with Crippen LogP contribution >= 0.6 is 0 Å². The quantitative estimate of drug-likeness (QED) is 0.711. The number of fused-ring (bicyclic) bond motifs is 1. The Morgan fingerprint density at radius 1 is 1.05 bits per heavy atom. The van der Waals surface area contributed by atoms with Crippen molar-refractivity contribution in [3.63, 3.8) is 0 Å². The molecule has 3 rings (SSSR count). The molecule has 0 aliphatic rings. The molecular weight excluding hydrogens is 238 g/mol. The van der Waals surface area contributed by atoms with E-state index in [9.17, 15) is 0 Å². The van der Waals surface area contributed by atoms with Crippen molar-refractivity contribution in [2.45, 2.75) is 0 Å². The van der Waals surface area contributed by atoms with Gasteiger partial charge in [0, 0.05) is 5.39 Å². The number of nitriles is 1. The summed E-state index contributed by atoms with van der Waals surface area (Å²) in [5.41, 5.74) is 7.45. The van der Waals surface area contributed by atoms with E-state index in [1.165, 1.54) is 6.20 Å². The van der Waals surface area contributed by atoms with E-state index in [1.807, 2.05) is 42.5 Å². The van der Waals surface area contributed by atoms with Crippen molar-refractivity contribution in [3.8, 4) is 17.6 Å². The van der Waals surface area contributed by atoms with E-state index in [4.69, 9.17) is 11.0 Å². The molecule has 0 aliphatic heterocycles. The third-order valence-electron chi connectivity index (χ3n) is 2.77. The second-order valence-electron chi connectivity index (χ2n) is 3.99. The minimum Gasteiger partial charge on any atom is -0.382 e. The zero-order valence-electron chi connectivity index (χ0n) is 9.91. The van der Waals surface area contributed by atoms with Crippen molar-refractivity contribution in [2.75, 3.05) is 5.73 Å². The number of nitrogen functional groups attached to an aromatic ring is 1. The van der Waals surface area contributed by atoms with Gasteiger partial charge in [0.1, 0.15) is 23.1 Å². The molecule has 0 unspecified atom stereocenters. The van der Waals surface area contributed by atoms with Crippen molar-refractivity contribution in [1.82, 2.24) is 15.0 Å². The molecule has 5 nitrogen and oxygen atoms in total. The van der Waals surface area contributed by atoms with Crippen molar-refractivity contribution >= 4 is 16.7 Å². The van der Waals surface area contributed by atoms with E-state index in [1.54, 1.807) is 0 Å². The Hall–Kier alpha value is -3.00. The van der Waals surface area contributed by atoms with Gasteiger partial charge >= 0.3 is 0 Å². The molecule has 5 heteroatoms. The van der Waals surface area contributed by atoms with Crippen LogP contribution in [0.25, 0.3) is 22.4 Å². The van der Waals surface area contributed by atoms with E-state index in [2.05, 4.69) is 15.0 Å². The van der Waals surface area contributed by atoms with Crippen LogP contribution in [0.2, 0.25) is 0 Å². The van der Waals surface area contributed by atoms with E-state index in [0.717, 1.165) is 10.9 Å². The molecule has 2 N–H and O–H groups in total. The van der Waals surface area contributed by atoms with Crippen LogP contribution in [0.5, 0.6) is 0 Å². The highest BCUT2D eigenvalue weighted by Crippen LogP contribution is 2.19. The monoisotopic (exact) mass is 247 g/mol. The topological polar surface area (TPSA) is 88.5 Å². The summed E-state index contributed by atoms with van der Waals surface area (Å²) in [6, 6.07) is 13.5. The summed E-state index contributed by atoms with van der Waals surface area (Å²) in [5, 5.41) is 9.84. The Balaban J connectivity index is 2.14. The maximum atomic E-state index is 8.80. The molecule has 0 aliphatic carbocycles. The van der Waals surface area contributed by atoms with E-state index in [-0.39, 0.29) is 11.4 Å². The van der Waals surface area contributed by atoms with E-state index in [0.29, 0.717) is 11.5 Å². The molecule has 0 fully saturated rings. The van der Waals surface area contributed by atoms with Gasteiger partial charge in [0.2, 0.25) is 0 Å². The van der Waals surface area contributed by atoms with Gasteiger partial charge in [0.05, 0.1) is 11.7 Å². The first-order chi connectivity index (χ1) is 9.28. The molecule has 3 aromatic rings. The first kappa shape index (κ1) is 11.1. The highest BCUT2D eigenvalue weighted by molar-refractivity contribution is 5.80. The molecule has 0 saturated heterocycles. The highest BCUT2D eigenvalue weighted by atomic mass is 15.0. The average molecular weight is 247 g/mol. The van der Waals surface area contributed by atoms with Crippen molar-refractivity contribution < 1.29 is 0 Å². The standard InChI is InChI=1S/C14H9N5/c15-7-10-8-17-14(19-13(10)16)12-6-5-9-3-1-2-4-11(9)18-12/h1-6,8H,(H2,16,17,19). The van der Waals surface area contributed by atoms with Crippen molar-refractivity contribution in [2.24, 2.45) is 0 Å². The molecule has 90 valence electrons. The van der Waals surface area contributed by atoms with Gasteiger partial charge in [-0.2, -0.15) is 5.26 Å². The fraction of sp³-hybridized carbons (Fsp3) is 0. The molecule has 0 amide bonds. The first-order valence-corrected chi connectivity index (χ1v) is 5.67. The summed E-state index contributed by atoms with van der Waals surface area (Å²) >= 11 is 0. The van der Waals surface area contributed by atoms with Crippen LogP contribution in [0.1, 0.15) is 5.56 Å². The lowest BCUT2D eigenvalue weighted by atomic mass is 10.2. The van der Waals surface area contributed by atoms with Gasteiger partial charge in [-0.05, 0) is 12.1 Å². The Morgan fingerprint density at radius 2 is 1.89 bits per heavy atom. The Kier molecular flexibility index (Phi) is 2.54. The molecule has 0 bridgehead atoms. The largest absolute Gasteiger partial charge is 0.382 e. The van der Waals surface area contributed by atoms with Gasteiger partial charge in [-0.3, -0.25) is 0 Å². The molecular formula is C14H9N5. The number of hydrogen-bond donors (Lipinski definition) is 1. The number of para-hydroxylation sites is 1. The maximum absolute atomic E-state index is 8.80. The lowest BCUT2D eigenvalue weighted by Gasteiger charge is -2.03. The number of rotatable bonds is 1. The summed E-state index contributed by atoms with van der Waals surface area (Å²) in [4.78, 5) is 12.7. The Labute approximate surface area is 109 Å². The van der Waals surface area contributed by atoms with Crippen LogP contribution in [0.3, 0.4) is 0 Å². The number of hydrogen-bond acceptors (Lipinski definition) is 5. The fourth-order valence-electron chi connectivity index (χ4n) is 1.80. The maximum Gasteiger partial charge on any atom is 0.180 e. The molecule has 1 aromatic carbocycles. The highest BCUT2D eigenvalue weighted by Gasteiger charge is 2.07. The molecule has 0 saturated carbocycles. The summed E-state index contributed by atoms with van der Waals surface area (Å²) in [7, 11) is 0. The van der Waals surface area contributed by atoms with E-state index < -0.39 is 0 Å². The minimum absolute atomic E-state index is 0.169. The number of benzene rings is 1. The normalized spacial score (nSPS) is 10.3. The lowest BCUT2D eigenvalue weighted by molar-refractivity contribution is 1.15. The summed E-state index contributed by atoms with van der Waals surface area (Å²) in [6.07, 6.45) is 1.41. The van der Waals surface area contributed by atoms with Gasteiger partial charge in [-0.1, -0.05) is 24.3 Å². The second-order valence-corrected chi connectivity index (χ2v) is 3.99. The van der Waals surface area contributed by atoms with Gasteiger partial charge < -0.3 is 5.73 Å². The number of anilines is 1. The summed E-state index contributed by atoms with van der Waals surface area (Å²) in [6.45, 7) is 0. The Bertz CT molecular complexity index is 804. The van der Waals surface area contributed by atoms with Gasteiger partial charge in [-0.25, -0.2) is 15.0 Å². The van der Waals surface area contributed by atoms with Gasteiger partial charge in [0.15, 0.2) is 5.82 Å². The van der Waals surface area contributed by atoms with Crippen LogP contribution in [-0.2, 0) is 0 Å². The zero-order chi connectivity index (χ0) is 13.2. The minimum atomic E-state index is 0.169. The average Bonchev–Trinajstić information content (AvgIpc) is 2.46. The predicted octanol–water partition coefficient (Wildman–Crippen LogP) is 2.15. The number of nitrogens with two attached hydrogens (primary N) is 1. The SMILES string of the molecule is N#Cc1cnc(-c2ccc3ccccc3n2)nc1N. The third kappa shape index (κ3) is 1.96. The van der Waals surface area contributed by atoms with Crippen LogP contribution < -0.4 is 5.73 Å². The third-order valence-corrected chi connectivity index (χ3v) is 2.77. The van der Waals surface area contributed by atoms with Gasteiger partial charge in [-0.15, -0.1) is 0 Å². The predicted molar refractivity (Wildman–Crippen MR) is 71.9 cm³/mol. The summed E-state index contributed by atoms with van der Waals surface area (Å²) < 4.78 is 0. The smallest absolute Gasteiger partial charge is 0.180 e. The zero-order valence-corrected chi connectivity index (χ0v) is 9.91. The van der Waals surface area contributed by atoms with E-state index >= 15 is 0 Å². The number of aromatic nitrogens is 3. The molecule has 0 atom stereocenters. The fourth-order valence-corrected chi connectivity index (χ4v) is 1.80. The van der Waals surface area contributed by atoms with Crippen molar-refractivity contribution in [1.29, 1.82) is 5.26 Å². The van der Waals surface area contributed by atoms with Crippen LogP contribution in [0, 0.1) is 11.3 Å².